The number of hydrogen-bond donors (Lipinski definition) is 1. The minimum absolute atomic E-state index is 0.130. The van der Waals surface area contributed by atoms with Crippen LogP contribution in [0.25, 0.3) is 0 Å². The Morgan fingerprint density at radius 3 is 2.81 bits per heavy atom. The van der Waals surface area contributed by atoms with Crippen molar-refractivity contribution >= 4 is 23.3 Å². The highest BCUT2D eigenvalue weighted by Crippen LogP contribution is 2.16. The van der Waals surface area contributed by atoms with Crippen molar-refractivity contribution in [1.29, 1.82) is 0 Å². The molecule has 0 bridgehead atoms. The molecule has 16 heavy (non-hydrogen) atoms. The van der Waals surface area contributed by atoms with E-state index in [-0.39, 0.29) is 16.9 Å². The molecule has 0 aliphatic heterocycles. The molecule has 2 aromatic heterocycles. The van der Waals surface area contributed by atoms with Gasteiger partial charge in [-0.2, -0.15) is 0 Å². The number of anilines is 1. The molecule has 82 valence electrons. The minimum atomic E-state index is -0.388. The molecule has 0 radical (unpaired) electrons. The number of amides is 1. The topological polar surface area (TPSA) is 80.9 Å². The van der Waals surface area contributed by atoms with Crippen LogP contribution >= 0.6 is 11.6 Å². The largest absolute Gasteiger partial charge is 0.361 e. The van der Waals surface area contributed by atoms with Crippen molar-refractivity contribution in [3.05, 3.63) is 35.1 Å². The van der Waals surface area contributed by atoms with E-state index in [1.807, 2.05) is 0 Å². The van der Waals surface area contributed by atoms with Gasteiger partial charge in [-0.3, -0.25) is 4.79 Å². The highest BCUT2D eigenvalue weighted by Gasteiger charge is 2.14. The first-order valence-corrected chi connectivity index (χ1v) is 4.75. The Morgan fingerprint density at radius 2 is 2.19 bits per heavy atom. The van der Waals surface area contributed by atoms with Gasteiger partial charge in [-0.15, -0.1) is 0 Å². The van der Waals surface area contributed by atoms with Crippen molar-refractivity contribution in [2.24, 2.45) is 0 Å². The van der Waals surface area contributed by atoms with E-state index in [1.54, 1.807) is 6.92 Å². The minimum Gasteiger partial charge on any atom is -0.361 e. The van der Waals surface area contributed by atoms with Crippen molar-refractivity contribution in [3.8, 4) is 0 Å². The number of rotatable bonds is 2. The number of aromatic nitrogens is 3. The quantitative estimate of drug-likeness (QED) is 0.861. The van der Waals surface area contributed by atoms with Crippen molar-refractivity contribution < 1.29 is 9.32 Å². The zero-order valence-electron chi connectivity index (χ0n) is 8.27. The fourth-order valence-electron chi connectivity index (χ4n) is 1.10. The van der Waals surface area contributed by atoms with Crippen LogP contribution in [0.2, 0.25) is 5.15 Å². The lowest BCUT2D eigenvalue weighted by atomic mass is 10.2. The predicted molar refractivity (Wildman–Crippen MR) is 56.2 cm³/mol. The van der Waals surface area contributed by atoms with E-state index in [9.17, 15) is 4.79 Å². The number of hydrogen-bond acceptors (Lipinski definition) is 5. The normalized spacial score (nSPS) is 10.1. The zero-order chi connectivity index (χ0) is 11.5. The Kier molecular flexibility index (Phi) is 2.82. The number of carbonyl (C=O) groups is 1. The van der Waals surface area contributed by atoms with E-state index in [0.29, 0.717) is 11.3 Å². The Morgan fingerprint density at radius 1 is 1.44 bits per heavy atom. The number of aryl methyl sites for hydroxylation is 1. The van der Waals surface area contributed by atoms with Crippen LogP contribution in [0.5, 0.6) is 0 Å². The second-order valence-electron chi connectivity index (χ2n) is 2.95. The van der Waals surface area contributed by atoms with Crippen LogP contribution in [0.15, 0.2) is 23.1 Å². The molecule has 2 heterocycles. The maximum absolute atomic E-state index is 11.7. The summed E-state index contributed by atoms with van der Waals surface area (Å²) in [5.74, 6) is 0.244. The summed E-state index contributed by atoms with van der Waals surface area (Å²) < 4.78 is 4.77. The highest BCUT2D eigenvalue weighted by atomic mass is 35.5. The number of nitrogens with zero attached hydrogens (tertiary/aromatic N) is 3. The molecule has 2 rings (SSSR count). The molecule has 0 saturated heterocycles. The average Bonchev–Trinajstić information content (AvgIpc) is 2.68. The third-order valence-corrected chi connectivity index (χ3v) is 2.16. The van der Waals surface area contributed by atoms with Crippen LogP contribution in [-0.4, -0.2) is 21.0 Å². The van der Waals surface area contributed by atoms with E-state index < -0.39 is 0 Å². The van der Waals surface area contributed by atoms with Gasteiger partial charge in [-0.05, 0) is 6.92 Å². The van der Waals surface area contributed by atoms with Gasteiger partial charge in [0.1, 0.15) is 11.3 Å². The first kappa shape index (κ1) is 10.6. The number of halogens is 1. The Balaban J connectivity index is 2.21. The zero-order valence-corrected chi connectivity index (χ0v) is 9.02. The smallest absolute Gasteiger partial charge is 0.262 e. The molecule has 0 atom stereocenters. The summed E-state index contributed by atoms with van der Waals surface area (Å²) in [6.07, 6.45) is 4.19. The average molecular weight is 239 g/mol. The summed E-state index contributed by atoms with van der Waals surface area (Å²) in [6.45, 7) is 1.64. The van der Waals surface area contributed by atoms with Gasteiger partial charge in [0.25, 0.3) is 5.91 Å². The summed E-state index contributed by atoms with van der Waals surface area (Å²) in [7, 11) is 0. The second kappa shape index (κ2) is 4.28. The molecule has 0 fully saturated rings. The van der Waals surface area contributed by atoms with Crippen LogP contribution < -0.4 is 5.32 Å². The van der Waals surface area contributed by atoms with Crippen LogP contribution in [0.4, 0.5) is 5.82 Å². The van der Waals surface area contributed by atoms with E-state index >= 15 is 0 Å². The molecule has 2 aromatic rings. The van der Waals surface area contributed by atoms with E-state index in [0.717, 1.165) is 0 Å². The summed E-state index contributed by atoms with van der Waals surface area (Å²) in [6, 6.07) is 0. The van der Waals surface area contributed by atoms with Gasteiger partial charge < -0.3 is 9.84 Å². The van der Waals surface area contributed by atoms with Crippen molar-refractivity contribution in [2.45, 2.75) is 6.92 Å². The summed E-state index contributed by atoms with van der Waals surface area (Å²) in [4.78, 5) is 19.4. The molecule has 1 N–H and O–H groups in total. The lowest BCUT2D eigenvalue weighted by Gasteiger charge is -2.03. The third-order valence-electron chi connectivity index (χ3n) is 1.88. The van der Waals surface area contributed by atoms with Gasteiger partial charge in [0.15, 0.2) is 11.0 Å². The van der Waals surface area contributed by atoms with Gasteiger partial charge in [0.05, 0.1) is 6.20 Å². The molecule has 0 aromatic carbocycles. The standard InChI is InChI=1S/C9H7ClN4O2/c1-5-6(4-13-16-5)9(15)14-8-7(10)11-2-3-12-8/h2-4H,1H3,(H,12,14,15). The van der Waals surface area contributed by atoms with Crippen LogP contribution in [0.3, 0.4) is 0 Å². The van der Waals surface area contributed by atoms with Crippen molar-refractivity contribution in [3.63, 3.8) is 0 Å². The fourth-order valence-corrected chi connectivity index (χ4v) is 1.25. The van der Waals surface area contributed by atoms with Gasteiger partial charge >= 0.3 is 0 Å². The number of nitrogens with one attached hydrogen (secondary N) is 1. The summed E-state index contributed by atoms with van der Waals surface area (Å²) >= 11 is 5.74. The molecule has 0 aliphatic rings. The van der Waals surface area contributed by atoms with Gasteiger partial charge in [0, 0.05) is 12.4 Å². The monoisotopic (exact) mass is 238 g/mol. The maximum Gasteiger partial charge on any atom is 0.262 e. The molecule has 0 aliphatic carbocycles. The van der Waals surface area contributed by atoms with Gasteiger partial charge in [0.2, 0.25) is 0 Å². The molecular formula is C9H7ClN4O2. The second-order valence-corrected chi connectivity index (χ2v) is 3.30. The number of carbonyl (C=O) groups excluding carboxylic acids is 1. The molecule has 6 nitrogen and oxygen atoms in total. The lowest BCUT2D eigenvalue weighted by Crippen LogP contribution is -2.13. The summed E-state index contributed by atoms with van der Waals surface area (Å²) in [5, 5.41) is 6.14. The summed E-state index contributed by atoms with van der Waals surface area (Å²) in [5.41, 5.74) is 0.335. The Bertz CT molecular complexity index is 526. The van der Waals surface area contributed by atoms with Gasteiger partial charge in [-0.1, -0.05) is 16.8 Å². The molecular weight excluding hydrogens is 232 g/mol. The lowest BCUT2D eigenvalue weighted by molar-refractivity contribution is 0.102. The molecule has 0 unspecified atom stereocenters. The molecule has 7 heteroatoms. The van der Waals surface area contributed by atoms with Crippen LogP contribution in [-0.2, 0) is 0 Å². The third kappa shape index (κ3) is 2.01. The SMILES string of the molecule is Cc1oncc1C(=O)Nc1nccnc1Cl. The molecule has 0 spiro atoms. The van der Waals surface area contributed by atoms with Gasteiger partial charge in [-0.25, -0.2) is 9.97 Å². The molecule has 0 saturated carbocycles. The molecule has 1 amide bonds. The van der Waals surface area contributed by atoms with E-state index in [1.165, 1.54) is 18.6 Å². The van der Waals surface area contributed by atoms with Crippen molar-refractivity contribution in [1.82, 2.24) is 15.1 Å². The van der Waals surface area contributed by atoms with Crippen LogP contribution in [0.1, 0.15) is 16.1 Å². The van der Waals surface area contributed by atoms with E-state index in [2.05, 4.69) is 20.4 Å². The van der Waals surface area contributed by atoms with Crippen molar-refractivity contribution in [2.75, 3.05) is 5.32 Å². The predicted octanol–water partition coefficient (Wildman–Crippen LogP) is 1.68. The fraction of sp³-hybridized carbons (Fsp3) is 0.111. The Hall–Kier alpha value is -1.95. The van der Waals surface area contributed by atoms with Crippen LogP contribution in [0, 0.1) is 6.92 Å². The highest BCUT2D eigenvalue weighted by molar-refractivity contribution is 6.32. The van der Waals surface area contributed by atoms with E-state index in [4.69, 9.17) is 16.1 Å². The maximum atomic E-state index is 11.7. The Labute approximate surface area is 95.6 Å². The first-order valence-electron chi connectivity index (χ1n) is 4.37. The first-order chi connectivity index (χ1) is 7.68.